The minimum Gasteiger partial charge on any atom is -0.477 e. The highest BCUT2D eigenvalue weighted by Gasteiger charge is 2.30. The number of nitrogens with one attached hydrogen (secondary N) is 2. The third kappa shape index (κ3) is 5.28. The molecule has 0 spiro atoms. The zero-order valence-electron chi connectivity index (χ0n) is 14.3. The summed E-state index contributed by atoms with van der Waals surface area (Å²) >= 11 is 6.11. The molecule has 2 atom stereocenters. The summed E-state index contributed by atoms with van der Waals surface area (Å²) in [6.45, 7) is 1.65. The normalized spacial score (nSPS) is 12.9. The quantitative estimate of drug-likeness (QED) is 0.489. The number of aromatic nitrogens is 2. The number of carbonyl (C=O) groups excluding carboxylic acids is 2. The summed E-state index contributed by atoms with van der Waals surface area (Å²) in [5, 5.41) is 27.9. The molecule has 0 aliphatic carbocycles. The molecule has 27 heavy (non-hydrogen) atoms. The minimum absolute atomic E-state index is 0.0433. The van der Waals surface area contributed by atoms with Crippen LogP contribution in [0, 0.1) is 0 Å². The fraction of sp³-hybridized carbons (Fsp3) is 0.294. The van der Waals surface area contributed by atoms with Crippen molar-refractivity contribution < 1.29 is 29.3 Å². The summed E-state index contributed by atoms with van der Waals surface area (Å²) in [6.07, 6.45) is -1.61. The van der Waals surface area contributed by atoms with Gasteiger partial charge in [0.1, 0.15) is 5.69 Å². The van der Waals surface area contributed by atoms with Crippen LogP contribution >= 0.6 is 11.6 Å². The van der Waals surface area contributed by atoms with Crippen LogP contribution in [0.4, 0.5) is 0 Å². The Morgan fingerprint density at radius 3 is 2.63 bits per heavy atom. The summed E-state index contributed by atoms with van der Waals surface area (Å²) in [7, 11) is 0. The molecule has 0 saturated carbocycles. The monoisotopic (exact) mass is 395 g/mol. The van der Waals surface area contributed by atoms with Gasteiger partial charge in [0.05, 0.1) is 12.6 Å². The van der Waals surface area contributed by atoms with Crippen molar-refractivity contribution in [2.45, 2.75) is 25.5 Å². The van der Waals surface area contributed by atoms with Crippen molar-refractivity contribution in [2.24, 2.45) is 0 Å². The summed E-state index contributed by atoms with van der Waals surface area (Å²) in [4.78, 5) is 35.2. The molecule has 144 valence electrons. The van der Waals surface area contributed by atoms with Crippen molar-refractivity contribution in [3.63, 3.8) is 0 Å². The van der Waals surface area contributed by atoms with Crippen LogP contribution in [0.25, 0.3) is 0 Å². The third-order valence-corrected chi connectivity index (χ3v) is 4.03. The van der Waals surface area contributed by atoms with Gasteiger partial charge in [-0.15, -0.1) is 0 Å². The van der Waals surface area contributed by atoms with Gasteiger partial charge in [0.2, 0.25) is 0 Å². The summed E-state index contributed by atoms with van der Waals surface area (Å²) in [5.41, 5.74) is 0.127. The lowest BCUT2D eigenvalue weighted by Gasteiger charge is -2.23. The Hall–Kier alpha value is -2.91. The van der Waals surface area contributed by atoms with E-state index in [1.807, 2.05) is 0 Å². The fourth-order valence-corrected chi connectivity index (χ4v) is 2.54. The lowest BCUT2D eigenvalue weighted by atomic mass is 10.0. The number of hydrogen-bond donors (Lipinski definition) is 4. The molecule has 0 saturated heterocycles. The third-order valence-electron chi connectivity index (χ3n) is 3.66. The molecule has 1 aromatic heterocycles. The predicted molar refractivity (Wildman–Crippen MR) is 94.6 cm³/mol. The maximum absolute atomic E-state index is 12.4. The average Bonchev–Trinajstić information content (AvgIpc) is 3.13. The van der Waals surface area contributed by atoms with E-state index in [2.05, 4.69) is 15.5 Å². The molecule has 1 amide bonds. The molecule has 2 unspecified atom stereocenters. The Kier molecular flexibility index (Phi) is 6.91. The van der Waals surface area contributed by atoms with E-state index in [9.17, 15) is 19.5 Å². The van der Waals surface area contributed by atoms with E-state index in [4.69, 9.17) is 21.4 Å². The van der Waals surface area contributed by atoms with Crippen molar-refractivity contribution >= 4 is 29.4 Å². The van der Waals surface area contributed by atoms with Gasteiger partial charge in [0, 0.05) is 11.1 Å². The first-order chi connectivity index (χ1) is 12.8. The minimum atomic E-state index is -1.65. The van der Waals surface area contributed by atoms with Gasteiger partial charge in [-0.25, -0.2) is 9.59 Å². The van der Waals surface area contributed by atoms with Crippen molar-refractivity contribution in [1.82, 2.24) is 15.5 Å². The fourth-order valence-electron chi connectivity index (χ4n) is 2.32. The topological polar surface area (TPSA) is 142 Å². The van der Waals surface area contributed by atoms with E-state index in [1.165, 1.54) is 0 Å². The standard InChI is InChI=1S/C17H18ClN3O6/c1-2-27-17(26)14(22)11(7-9-5-3-4-6-10(9)18)19-15(23)12-8-13(16(24)25)21-20-12/h3-6,8,11,14,22H,2,7H2,1H3,(H,19,23)(H,20,21)(H,24,25). The first-order valence-corrected chi connectivity index (χ1v) is 8.39. The van der Waals surface area contributed by atoms with Crippen molar-refractivity contribution in [3.05, 3.63) is 52.3 Å². The molecule has 10 heteroatoms. The molecule has 0 aliphatic rings. The van der Waals surface area contributed by atoms with Gasteiger partial charge in [0.25, 0.3) is 5.91 Å². The number of aromatic carboxylic acids is 1. The zero-order chi connectivity index (χ0) is 20.0. The smallest absolute Gasteiger partial charge is 0.353 e. The Labute approximate surface area is 159 Å². The van der Waals surface area contributed by atoms with E-state index < -0.39 is 30.0 Å². The van der Waals surface area contributed by atoms with E-state index in [1.54, 1.807) is 31.2 Å². The molecule has 9 nitrogen and oxygen atoms in total. The lowest BCUT2D eigenvalue weighted by molar-refractivity contribution is -0.154. The van der Waals surface area contributed by atoms with Gasteiger partial charge in [-0.05, 0) is 25.0 Å². The maximum atomic E-state index is 12.4. The van der Waals surface area contributed by atoms with Crippen LogP contribution in [0.2, 0.25) is 5.02 Å². The highest BCUT2D eigenvalue weighted by Crippen LogP contribution is 2.18. The average molecular weight is 396 g/mol. The van der Waals surface area contributed by atoms with Crippen LogP contribution in [0.3, 0.4) is 0 Å². The van der Waals surface area contributed by atoms with Gasteiger partial charge in [-0.3, -0.25) is 9.89 Å². The van der Waals surface area contributed by atoms with Crippen LogP contribution in [0.5, 0.6) is 0 Å². The number of rotatable bonds is 8. The van der Waals surface area contributed by atoms with Crippen molar-refractivity contribution in [2.75, 3.05) is 6.61 Å². The molecule has 0 fully saturated rings. The molecule has 1 heterocycles. The van der Waals surface area contributed by atoms with Gasteiger partial charge >= 0.3 is 11.9 Å². The number of carboxylic acids is 1. The number of carboxylic acid groups (broad SMARTS) is 1. The molecule has 0 radical (unpaired) electrons. The Bertz CT molecular complexity index is 838. The second-order valence-electron chi connectivity index (χ2n) is 5.54. The van der Waals surface area contributed by atoms with Crippen LogP contribution in [0.15, 0.2) is 30.3 Å². The highest BCUT2D eigenvalue weighted by atomic mass is 35.5. The van der Waals surface area contributed by atoms with E-state index in [0.717, 1.165) is 6.07 Å². The number of aliphatic hydroxyl groups excluding tert-OH is 1. The van der Waals surface area contributed by atoms with E-state index in [0.29, 0.717) is 10.6 Å². The molecule has 2 rings (SSSR count). The number of hydrogen-bond acceptors (Lipinski definition) is 6. The number of H-pyrrole nitrogens is 1. The molecule has 4 N–H and O–H groups in total. The first-order valence-electron chi connectivity index (χ1n) is 8.01. The number of esters is 1. The number of halogens is 1. The number of aliphatic hydroxyl groups is 1. The van der Waals surface area contributed by atoms with Crippen LogP contribution in [0.1, 0.15) is 33.5 Å². The lowest BCUT2D eigenvalue weighted by Crippen LogP contribution is -2.49. The molecule has 2 aromatic rings. The SMILES string of the molecule is CCOC(=O)C(O)C(Cc1ccccc1Cl)NC(=O)c1cc(C(=O)O)[nH]n1. The predicted octanol–water partition coefficient (Wildman–Crippen LogP) is 1.03. The number of carbonyl (C=O) groups is 3. The summed E-state index contributed by atoms with van der Waals surface area (Å²) in [6, 6.07) is 6.75. The number of aromatic amines is 1. The van der Waals surface area contributed by atoms with Crippen molar-refractivity contribution in [1.29, 1.82) is 0 Å². The van der Waals surface area contributed by atoms with Crippen LogP contribution < -0.4 is 5.32 Å². The first kappa shape index (κ1) is 20.4. The Morgan fingerprint density at radius 1 is 1.33 bits per heavy atom. The van der Waals surface area contributed by atoms with Crippen LogP contribution in [-0.2, 0) is 16.0 Å². The number of ether oxygens (including phenoxy) is 1. The maximum Gasteiger partial charge on any atom is 0.353 e. The van der Waals surface area contributed by atoms with Gasteiger partial charge in [-0.1, -0.05) is 29.8 Å². The number of nitrogens with zero attached hydrogens (tertiary/aromatic N) is 1. The second-order valence-corrected chi connectivity index (χ2v) is 5.95. The number of amides is 1. The summed E-state index contributed by atoms with van der Waals surface area (Å²) < 4.78 is 4.80. The highest BCUT2D eigenvalue weighted by molar-refractivity contribution is 6.31. The largest absolute Gasteiger partial charge is 0.477 e. The van der Waals surface area contributed by atoms with E-state index >= 15 is 0 Å². The van der Waals surface area contributed by atoms with E-state index in [-0.39, 0.29) is 24.4 Å². The van der Waals surface area contributed by atoms with Crippen LogP contribution in [-0.4, -0.2) is 57.0 Å². The van der Waals surface area contributed by atoms with Gasteiger partial charge in [0.15, 0.2) is 11.8 Å². The molecule has 0 aliphatic heterocycles. The molecule has 1 aromatic carbocycles. The molecular formula is C17H18ClN3O6. The summed E-state index contributed by atoms with van der Waals surface area (Å²) in [5.74, 6) is -2.94. The number of benzene rings is 1. The Morgan fingerprint density at radius 2 is 2.04 bits per heavy atom. The Balaban J connectivity index is 2.22. The van der Waals surface area contributed by atoms with Gasteiger partial charge in [-0.2, -0.15) is 5.10 Å². The zero-order valence-corrected chi connectivity index (χ0v) is 15.1. The van der Waals surface area contributed by atoms with Crippen molar-refractivity contribution in [3.8, 4) is 0 Å². The van der Waals surface area contributed by atoms with Gasteiger partial charge < -0.3 is 20.3 Å². The molecule has 0 bridgehead atoms. The molecular weight excluding hydrogens is 378 g/mol. The second kappa shape index (κ2) is 9.15.